The lowest BCUT2D eigenvalue weighted by Gasteiger charge is -2.30. The van der Waals surface area contributed by atoms with E-state index < -0.39 is 0 Å². The zero-order valence-electron chi connectivity index (χ0n) is 11.7. The van der Waals surface area contributed by atoms with E-state index in [1.54, 1.807) is 0 Å². The SMILES string of the molecule is CCCc1nn(C)c(NC2CCN(C)CC2)c1N. The summed E-state index contributed by atoms with van der Waals surface area (Å²) in [7, 11) is 4.14. The molecule has 0 aromatic carbocycles. The zero-order valence-corrected chi connectivity index (χ0v) is 11.7. The topological polar surface area (TPSA) is 59.1 Å². The van der Waals surface area contributed by atoms with Gasteiger partial charge in [0.1, 0.15) is 5.82 Å². The minimum atomic E-state index is 0.522. The second-order valence-electron chi connectivity index (χ2n) is 5.30. The second kappa shape index (κ2) is 5.61. The van der Waals surface area contributed by atoms with Gasteiger partial charge in [-0.05, 0) is 39.4 Å². The Morgan fingerprint density at radius 2 is 2.00 bits per heavy atom. The highest BCUT2D eigenvalue weighted by Gasteiger charge is 2.20. The van der Waals surface area contributed by atoms with Crippen LogP contribution in [-0.2, 0) is 13.5 Å². The zero-order chi connectivity index (χ0) is 13.1. The molecule has 5 heteroatoms. The molecule has 0 unspecified atom stereocenters. The van der Waals surface area contributed by atoms with E-state index in [0.717, 1.165) is 43.1 Å². The molecule has 0 bridgehead atoms. The standard InChI is InChI=1S/C13H25N5/c1-4-5-11-12(14)13(18(3)16-11)15-10-6-8-17(2)9-7-10/h10,15H,4-9,14H2,1-3H3. The van der Waals surface area contributed by atoms with Gasteiger partial charge < -0.3 is 16.0 Å². The lowest BCUT2D eigenvalue weighted by atomic mass is 10.1. The summed E-state index contributed by atoms with van der Waals surface area (Å²) in [5.74, 6) is 0.994. The van der Waals surface area contributed by atoms with Gasteiger partial charge in [0, 0.05) is 13.1 Å². The van der Waals surface area contributed by atoms with Crippen molar-refractivity contribution >= 4 is 11.5 Å². The fraction of sp³-hybridized carbons (Fsp3) is 0.769. The molecule has 102 valence electrons. The summed E-state index contributed by atoms with van der Waals surface area (Å²) in [5.41, 5.74) is 8.03. The highest BCUT2D eigenvalue weighted by atomic mass is 15.3. The summed E-state index contributed by atoms with van der Waals surface area (Å²) in [6.07, 6.45) is 4.37. The van der Waals surface area contributed by atoms with Crippen LogP contribution in [0.25, 0.3) is 0 Å². The smallest absolute Gasteiger partial charge is 0.147 e. The van der Waals surface area contributed by atoms with Crippen molar-refractivity contribution in [2.75, 3.05) is 31.2 Å². The minimum absolute atomic E-state index is 0.522. The average molecular weight is 251 g/mol. The third kappa shape index (κ3) is 2.77. The fourth-order valence-corrected chi connectivity index (χ4v) is 2.53. The number of nitrogens with two attached hydrogens (primary N) is 1. The van der Waals surface area contributed by atoms with Gasteiger partial charge in [0.2, 0.25) is 0 Å². The van der Waals surface area contributed by atoms with Crippen LogP contribution in [0.15, 0.2) is 0 Å². The van der Waals surface area contributed by atoms with Crippen molar-refractivity contribution in [3.8, 4) is 0 Å². The van der Waals surface area contributed by atoms with Gasteiger partial charge in [-0.3, -0.25) is 4.68 Å². The number of hydrogen-bond donors (Lipinski definition) is 2. The van der Waals surface area contributed by atoms with Crippen LogP contribution in [0.2, 0.25) is 0 Å². The van der Waals surface area contributed by atoms with E-state index in [9.17, 15) is 0 Å². The number of nitrogen functional groups attached to an aromatic ring is 1. The van der Waals surface area contributed by atoms with E-state index in [-0.39, 0.29) is 0 Å². The van der Waals surface area contributed by atoms with Crippen LogP contribution in [0.1, 0.15) is 31.9 Å². The maximum absolute atomic E-state index is 6.18. The number of aromatic nitrogens is 2. The maximum Gasteiger partial charge on any atom is 0.147 e. The fourth-order valence-electron chi connectivity index (χ4n) is 2.53. The summed E-state index contributed by atoms with van der Waals surface area (Å²) >= 11 is 0. The predicted octanol–water partition coefficient (Wildman–Crippen LogP) is 1.46. The summed E-state index contributed by atoms with van der Waals surface area (Å²) in [6, 6.07) is 0.522. The van der Waals surface area contributed by atoms with Crippen LogP contribution in [-0.4, -0.2) is 40.9 Å². The number of rotatable bonds is 4. The molecule has 5 nitrogen and oxygen atoms in total. The number of nitrogens with zero attached hydrogens (tertiary/aromatic N) is 3. The van der Waals surface area contributed by atoms with Crippen molar-refractivity contribution < 1.29 is 0 Å². The maximum atomic E-state index is 6.18. The highest BCUT2D eigenvalue weighted by molar-refractivity contribution is 5.65. The van der Waals surface area contributed by atoms with Crippen molar-refractivity contribution in [1.29, 1.82) is 0 Å². The van der Waals surface area contributed by atoms with E-state index in [1.807, 2.05) is 11.7 Å². The first kappa shape index (κ1) is 13.2. The Morgan fingerprint density at radius 3 is 2.61 bits per heavy atom. The molecule has 0 aliphatic carbocycles. The van der Waals surface area contributed by atoms with Crippen molar-refractivity contribution in [3.63, 3.8) is 0 Å². The summed E-state index contributed by atoms with van der Waals surface area (Å²) in [5, 5.41) is 8.06. The molecule has 0 saturated carbocycles. The Bertz CT molecular complexity index is 390. The third-order valence-electron chi connectivity index (χ3n) is 3.71. The number of anilines is 2. The van der Waals surface area contributed by atoms with Crippen LogP contribution in [0, 0.1) is 0 Å². The van der Waals surface area contributed by atoms with Gasteiger partial charge in [-0.1, -0.05) is 13.3 Å². The number of likely N-dealkylation sites (tertiary alicyclic amines) is 1. The van der Waals surface area contributed by atoms with Gasteiger partial charge >= 0.3 is 0 Å². The number of piperidine rings is 1. The Hall–Kier alpha value is -1.23. The molecule has 1 saturated heterocycles. The normalized spacial score (nSPS) is 18.2. The number of nitrogens with one attached hydrogen (secondary N) is 1. The lowest BCUT2D eigenvalue weighted by Crippen LogP contribution is -2.37. The van der Waals surface area contributed by atoms with Crippen molar-refractivity contribution in [1.82, 2.24) is 14.7 Å². The van der Waals surface area contributed by atoms with Crippen molar-refractivity contribution in [3.05, 3.63) is 5.69 Å². The molecular weight excluding hydrogens is 226 g/mol. The molecule has 3 N–H and O–H groups in total. The molecule has 2 rings (SSSR count). The van der Waals surface area contributed by atoms with Crippen LogP contribution in [0.4, 0.5) is 11.5 Å². The van der Waals surface area contributed by atoms with E-state index in [1.165, 1.54) is 12.8 Å². The predicted molar refractivity (Wildman–Crippen MR) is 75.8 cm³/mol. The van der Waals surface area contributed by atoms with E-state index in [2.05, 4.69) is 29.3 Å². The molecule has 0 spiro atoms. The molecule has 1 aromatic heterocycles. The Labute approximate surface area is 109 Å². The molecule has 1 aliphatic heterocycles. The van der Waals surface area contributed by atoms with Gasteiger partial charge in [0.05, 0.1) is 11.4 Å². The second-order valence-corrected chi connectivity index (χ2v) is 5.30. The van der Waals surface area contributed by atoms with Crippen molar-refractivity contribution in [2.45, 2.75) is 38.6 Å². The van der Waals surface area contributed by atoms with Gasteiger partial charge in [0.15, 0.2) is 0 Å². The van der Waals surface area contributed by atoms with Gasteiger partial charge in [-0.2, -0.15) is 5.10 Å². The summed E-state index contributed by atoms with van der Waals surface area (Å²) < 4.78 is 1.89. The van der Waals surface area contributed by atoms with Gasteiger partial charge in [-0.25, -0.2) is 0 Å². The van der Waals surface area contributed by atoms with Gasteiger partial charge in [-0.15, -0.1) is 0 Å². The van der Waals surface area contributed by atoms with E-state index in [4.69, 9.17) is 5.73 Å². The lowest BCUT2D eigenvalue weighted by molar-refractivity contribution is 0.263. The molecule has 2 heterocycles. The highest BCUT2D eigenvalue weighted by Crippen LogP contribution is 2.25. The molecule has 18 heavy (non-hydrogen) atoms. The largest absolute Gasteiger partial charge is 0.394 e. The number of aryl methyl sites for hydroxylation is 2. The average Bonchev–Trinajstić information content (AvgIpc) is 2.60. The molecule has 0 atom stereocenters. The quantitative estimate of drug-likeness (QED) is 0.850. The molecule has 1 aromatic rings. The molecular formula is C13H25N5. The third-order valence-corrected chi connectivity index (χ3v) is 3.71. The first-order chi connectivity index (χ1) is 8.61. The first-order valence-corrected chi connectivity index (χ1v) is 6.88. The van der Waals surface area contributed by atoms with Crippen LogP contribution < -0.4 is 11.1 Å². The molecule has 1 aliphatic rings. The minimum Gasteiger partial charge on any atom is -0.394 e. The van der Waals surface area contributed by atoms with Crippen LogP contribution in [0.5, 0.6) is 0 Å². The monoisotopic (exact) mass is 251 g/mol. The molecule has 1 fully saturated rings. The Balaban J connectivity index is 2.04. The van der Waals surface area contributed by atoms with E-state index in [0.29, 0.717) is 6.04 Å². The molecule has 0 amide bonds. The Morgan fingerprint density at radius 1 is 1.33 bits per heavy atom. The first-order valence-electron chi connectivity index (χ1n) is 6.88. The summed E-state index contributed by atoms with van der Waals surface area (Å²) in [4.78, 5) is 2.37. The number of hydrogen-bond acceptors (Lipinski definition) is 4. The summed E-state index contributed by atoms with van der Waals surface area (Å²) in [6.45, 7) is 4.45. The van der Waals surface area contributed by atoms with E-state index >= 15 is 0 Å². The van der Waals surface area contributed by atoms with Crippen molar-refractivity contribution in [2.24, 2.45) is 7.05 Å². The Kier molecular flexibility index (Phi) is 4.11. The van der Waals surface area contributed by atoms with Crippen LogP contribution in [0.3, 0.4) is 0 Å². The van der Waals surface area contributed by atoms with Gasteiger partial charge in [0.25, 0.3) is 0 Å². The van der Waals surface area contributed by atoms with Crippen LogP contribution >= 0.6 is 0 Å². The molecule has 0 radical (unpaired) electrons.